The molecule has 0 saturated heterocycles. The topological polar surface area (TPSA) is 94.1 Å². The van der Waals surface area contributed by atoms with E-state index in [1.807, 2.05) is 0 Å². The molecule has 1 aromatic rings. The van der Waals surface area contributed by atoms with E-state index < -0.39 is 4.92 Å². The van der Waals surface area contributed by atoms with Crippen LogP contribution in [0.3, 0.4) is 0 Å². The number of nitrogens with zero attached hydrogens (tertiary/aromatic N) is 2. The molecule has 2 atom stereocenters. The summed E-state index contributed by atoms with van der Waals surface area (Å²) < 4.78 is 0. The lowest BCUT2D eigenvalue weighted by atomic mass is 9.73. The number of pyridine rings is 1. The van der Waals surface area contributed by atoms with E-state index in [0.717, 1.165) is 19.3 Å². The lowest BCUT2D eigenvalue weighted by Crippen LogP contribution is -2.52. The zero-order valence-electron chi connectivity index (χ0n) is 12.1. The predicted molar refractivity (Wildman–Crippen MR) is 78.7 cm³/mol. The van der Waals surface area contributed by atoms with Crippen LogP contribution in [0, 0.1) is 23.0 Å². The number of aryl methyl sites for hydroxylation is 1. The molecule has 20 heavy (non-hydrogen) atoms. The van der Waals surface area contributed by atoms with Gasteiger partial charge in [-0.3, -0.25) is 10.1 Å². The van der Waals surface area contributed by atoms with Crippen LogP contribution in [0.4, 0.5) is 11.5 Å². The van der Waals surface area contributed by atoms with Crippen molar-refractivity contribution in [1.82, 2.24) is 4.98 Å². The normalized spacial score (nSPS) is 26.2. The quantitative estimate of drug-likeness (QED) is 0.652. The van der Waals surface area contributed by atoms with Gasteiger partial charge in [-0.2, -0.15) is 0 Å². The van der Waals surface area contributed by atoms with Gasteiger partial charge in [0.05, 0.1) is 10.5 Å². The molecule has 110 valence electrons. The predicted octanol–water partition coefficient (Wildman–Crippen LogP) is 2.62. The van der Waals surface area contributed by atoms with Crippen LogP contribution in [0.1, 0.15) is 38.2 Å². The summed E-state index contributed by atoms with van der Waals surface area (Å²) in [6.45, 7) is 4.48. The molecule has 0 radical (unpaired) electrons. The summed E-state index contributed by atoms with van der Waals surface area (Å²) in [6, 6.07) is 1.73. The number of hydrogen-bond acceptors (Lipinski definition) is 5. The van der Waals surface area contributed by atoms with E-state index in [-0.39, 0.29) is 11.2 Å². The van der Waals surface area contributed by atoms with Crippen LogP contribution in [0.5, 0.6) is 0 Å². The maximum atomic E-state index is 10.8. The Balaban J connectivity index is 2.23. The van der Waals surface area contributed by atoms with Gasteiger partial charge in [0.15, 0.2) is 0 Å². The summed E-state index contributed by atoms with van der Waals surface area (Å²) in [5.41, 5.74) is 6.51. The van der Waals surface area contributed by atoms with Crippen molar-refractivity contribution >= 4 is 11.5 Å². The first-order valence-electron chi connectivity index (χ1n) is 7.08. The average Bonchev–Trinajstić information content (AvgIpc) is 2.41. The first kappa shape index (κ1) is 14.7. The third-order valence-electron chi connectivity index (χ3n) is 4.47. The standard InChI is InChI=1S/C14H22N4O2/c1-10-7-13(16-8-12(10)18(19)20)17-14(9-15)6-4-3-5-11(14)2/h7-8,11H,3-6,9,15H2,1-2H3,(H,16,17). The zero-order chi connectivity index (χ0) is 14.8. The number of nitro groups is 1. The Morgan fingerprint density at radius 2 is 2.35 bits per heavy atom. The van der Waals surface area contributed by atoms with Crippen molar-refractivity contribution < 1.29 is 4.92 Å². The lowest BCUT2D eigenvalue weighted by Gasteiger charge is -2.43. The van der Waals surface area contributed by atoms with Gasteiger partial charge in [0.1, 0.15) is 12.0 Å². The SMILES string of the molecule is Cc1cc(NC2(CN)CCCCC2C)ncc1[N+](=O)[O-]. The summed E-state index contributed by atoms with van der Waals surface area (Å²) in [4.78, 5) is 14.6. The maximum Gasteiger partial charge on any atom is 0.290 e. The number of nitrogens with one attached hydrogen (secondary N) is 1. The molecule has 1 aromatic heterocycles. The second-order valence-electron chi connectivity index (χ2n) is 5.75. The van der Waals surface area contributed by atoms with Crippen LogP contribution in [0.25, 0.3) is 0 Å². The number of rotatable bonds is 4. The third-order valence-corrected chi connectivity index (χ3v) is 4.47. The van der Waals surface area contributed by atoms with Gasteiger partial charge >= 0.3 is 0 Å². The molecule has 2 unspecified atom stereocenters. The monoisotopic (exact) mass is 278 g/mol. The molecule has 1 saturated carbocycles. The molecule has 0 aliphatic heterocycles. The van der Waals surface area contributed by atoms with Crippen molar-refractivity contribution in [3.63, 3.8) is 0 Å². The van der Waals surface area contributed by atoms with Gasteiger partial charge in [-0.15, -0.1) is 0 Å². The van der Waals surface area contributed by atoms with Crippen LogP contribution >= 0.6 is 0 Å². The second kappa shape index (κ2) is 5.75. The highest BCUT2D eigenvalue weighted by Crippen LogP contribution is 2.35. The summed E-state index contributed by atoms with van der Waals surface area (Å²) in [7, 11) is 0. The van der Waals surface area contributed by atoms with E-state index in [9.17, 15) is 10.1 Å². The van der Waals surface area contributed by atoms with Crippen LogP contribution in [0.15, 0.2) is 12.3 Å². The first-order chi connectivity index (χ1) is 9.48. The van der Waals surface area contributed by atoms with Crippen molar-refractivity contribution in [3.8, 4) is 0 Å². The Labute approximate surface area is 118 Å². The molecular weight excluding hydrogens is 256 g/mol. The molecule has 1 aliphatic rings. The van der Waals surface area contributed by atoms with Crippen molar-refractivity contribution in [1.29, 1.82) is 0 Å². The fraction of sp³-hybridized carbons (Fsp3) is 0.643. The zero-order valence-corrected chi connectivity index (χ0v) is 12.1. The fourth-order valence-corrected chi connectivity index (χ4v) is 3.02. The van der Waals surface area contributed by atoms with Crippen LogP contribution < -0.4 is 11.1 Å². The summed E-state index contributed by atoms with van der Waals surface area (Å²) >= 11 is 0. The lowest BCUT2D eigenvalue weighted by molar-refractivity contribution is -0.385. The summed E-state index contributed by atoms with van der Waals surface area (Å²) in [5.74, 6) is 1.14. The first-order valence-corrected chi connectivity index (χ1v) is 7.08. The molecule has 6 nitrogen and oxygen atoms in total. The molecule has 2 rings (SSSR count). The van der Waals surface area contributed by atoms with E-state index >= 15 is 0 Å². The summed E-state index contributed by atoms with van der Waals surface area (Å²) in [6.07, 6.45) is 5.87. The van der Waals surface area contributed by atoms with Crippen molar-refractivity contribution in [2.45, 2.75) is 45.1 Å². The number of hydrogen-bond donors (Lipinski definition) is 2. The van der Waals surface area contributed by atoms with Gasteiger partial charge in [-0.25, -0.2) is 4.98 Å². The molecule has 0 bridgehead atoms. The van der Waals surface area contributed by atoms with E-state index in [1.54, 1.807) is 13.0 Å². The second-order valence-corrected chi connectivity index (χ2v) is 5.75. The highest BCUT2D eigenvalue weighted by molar-refractivity contribution is 5.48. The Bertz CT molecular complexity index is 506. The highest BCUT2D eigenvalue weighted by atomic mass is 16.6. The van der Waals surface area contributed by atoms with Crippen molar-refractivity contribution in [3.05, 3.63) is 27.9 Å². The Kier molecular flexibility index (Phi) is 4.23. The Morgan fingerprint density at radius 1 is 1.60 bits per heavy atom. The molecular formula is C14H22N4O2. The average molecular weight is 278 g/mol. The third kappa shape index (κ3) is 2.75. The molecule has 1 aliphatic carbocycles. The van der Waals surface area contributed by atoms with Crippen molar-refractivity contribution in [2.75, 3.05) is 11.9 Å². The Hall–Kier alpha value is -1.69. The maximum absolute atomic E-state index is 10.8. The van der Waals surface area contributed by atoms with Crippen molar-refractivity contribution in [2.24, 2.45) is 11.7 Å². The smallest absolute Gasteiger partial charge is 0.290 e. The fourth-order valence-electron chi connectivity index (χ4n) is 3.02. The van der Waals surface area contributed by atoms with Gasteiger partial charge in [0.2, 0.25) is 0 Å². The number of aromatic nitrogens is 1. The van der Waals surface area contributed by atoms with E-state index in [2.05, 4.69) is 17.2 Å². The molecule has 6 heteroatoms. The van der Waals surface area contributed by atoms with E-state index in [0.29, 0.717) is 23.8 Å². The van der Waals surface area contributed by atoms with Gasteiger partial charge in [-0.1, -0.05) is 19.8 Å². The minimum atomic E-state index is -0.409. The Morgan fingerprint density at radius 3 is 2.90 bits per heavy atom. The minimum Gasteiger partial charge on any atom is -0.363 e. The van der Waals surface area contributed by atoms with Gasteiger partial charge in [0, 0.05) is 12.1 Å². The molecule has 0 amide bonds. The molecule has 1 fully saturated rings. The van der Waals surface area contributed by atoms with Crippen LogP contribution in [0.2, 0.25) is 0 Å². The summed E-state index contributed by atoms with van der Waals surface area (Å²) in [5, 5.41) is 14.3. The van der Waals surface area contributed by atoms with Gasteiger partial charge < -0.3 is 11.1 Å². The van der Waals surface area contributed by atoms with Crippen LogP contribution in [-0.4, -0.2) is 22.0 Å². The van der Waals surface area contributed by atoms with E-state index in [1.165, 1.54) is 12.6 Å². The molecule has 3 N–H and O–H groups in total. The molecule has 0 aromatic carbocycles. The highest BCUT2D eigenvalue weighted by Gasteiger charge is 2.37. The molecule has 1 heterocycles. The number of nitrogens with two attached hydrogens (primary N) is 1. The number of anilines is 1. The largest absolute Gasteiger partial charge is 0.363 e. The molecule has 0 spiro atoms. The van der Waals surface area contributed by atoms with Crippen LogP contribution in [-0.2, 0) is 0 Å². The van der Waals surface area contributed by atoms with E-state index in [4.69, 9.17) is 5.73 Å². The minimum absolute atomic E-state index is 0.0500. The van der Waals surface area contributed by atoms with Gasteiger partial charge in [-0.05, 0) is 31.7 Å². The van der Waals surface area contributed by atoms with Gasteiger partial charge in [0.25, 0.3) is 5.69 Å².